The molecule has 0 amide bonds. The first-order chi connectivity index (χ1) is 14.1. The topological polar surface area (TPSA) is 54.3 Å². The molecule has 2 N–H and O–H groups in total. The third-order valence-electron chi connectivity index (χ3n) is 5.73. The molecule has 1 unspecified atom stereocenters. The van der Waals surface area contributed by atoms with Crippen molar-refractivity contribution in [1.82, 2.24) is 15.5 Å². The number of hydrogen-bond acceptors (Lipinski definition) is 3. The lowest BCUT2D eigenvalue weighted by Crippen LogP contribution is -2.43. The molecule has 29 heavy (non-hydrogen) atoms. The molecule has 150 valence electrons. The lowest BCUT2D eigenvalue weighted by atomic mass is 9.74. The van der Waals surface area contributed by atoms with Crippen molar-refractivity contribution in [3.05, 3.63) is 76.0 Å². The van der Waals surface area contributed by atoms with E-state index in [-0.39, 0.29) is 17.8 Å². The molecule has 1 aliphatic heterocycles. The van der Waals surface area contributed by atoms with Gasteiger partial charge in [-0.25, -0.2) is 11.0 Å². The lowest BCUT2D eigenvalue weighted by Gasteiger charge is -2.38. The van der Waals surface area contributed by atoms with E-state index in [0.717, 1.165) is 48.0 Å². The average molecular weight is 413 g/mol. The molecule has 2 aromatic carbocycles. The Morgan fingerprint density at radius 3 is 2.72 bits per heavy atom. The van der Waals surface area contributed by atoms with Crippen molar-refractivity contribution in [1.29, 1.82) is 0 Å². The summed E-state index contributed by atoms with van der Waals surface area (Å²) in [5.41, 5.74) is 2.53. The second kappa shape index (κ2) is 8.50. The van der Waals surface area contributed by atoms with Crippen LogP contribution in [0.1, 0.15) is 30.1 Å². The van der Waals surface area contributed by atoms with Gasteiger partial charge in [-0.2, -0.15) is 5.10 Å². The van der Waals surface area contributed by atoms with Gasteiger partial charge in [0.25, 0.3) is 0 Å². The number of benzene rings is 2. The van der Waals surface area contributed by atoms with E-state index in [0.29, 0.717) is 11.6 Å². The van der Waals surface area contributed by atoms with Crippen LogP contribution in [0.25, 0.3) is 15.7 Å². The fraction of sp³-hybridized carbons (Fsp3) is 0.364. The van der Waals surface area contributed by atoms with Crippen molar-refractivity contribution in [2.45, 2.75) is 24.4 Å². The highest BCUT2D eigenvalue weighted by Crippen LogP contribution is 2.37. The van der Waals surface area contributed by atoms with Crippen LogP contribution in [0, 0.1) is 12.4 Å². The Bertz CT molecular complexity index is 1020. The fourth-order valence-corrected chi connectivity index (χ4v) is 4.35. The molecule has 2 heterocycles. The summed E-state index contributed by atoms with van der Waals surface area (Å²) >= 11 is 6.29. The van der Waals surface area contributed by atoms with E-state index in [1.165, 1.54) is 12.1 Å². The largest absolute Gasteiger partial charge is 0.365 e. The average Bonchev–Trinajstić information content (AvgIpc) is 3.20. The molecule has 1 saturated heterocycles. The molecule has 3 aromatic rings. The lowest BCUT2D eigenvalue weighted by molar-refractivity contribution is 0.0158. The van der Waals surface area contributed by atoms with Gasteiger partial charge in [-0.15, -0.1) is 0 Å². The molecule has 4 rings (SSSR count). The Labute approximate surface area is 174 Å². The van der Waals surface area contributed by atoms with Crippen molar-refractivity contribution in [3.63, 3.8) is 0 Å². The number of fused-ring (bicyclic) bond motifs is 1. The quantitative estimate of drug-likeness (QED) is 0.579. The smallest absolute Gasteiger partial charge is 0.244 e. The van der Waals surface area contributed by atoms with Gasteiger partial charge in [0.1, 0.15) is 5.82 Å². The minimum Gasteiger partial charge on any atom is -0.365 e. The molecule has 7 heteroatoms. The maximum atomic E-state index is 13.5. The molecular weight excluding hydrogens is 391 g/mol. The SMILES string of the molecule is [C-]#[N+]CC(OCC1(c2ccc(F)cc2)CCNCC1)c1cc(Cl)cc2cn[nH]c12. The maximum Gasteiger partial charge on any atom is 0.244 e. The van der Waals surface area contributed by atoms with Gasteiger partial charge in [0.15, 0.2) is 6.10 Å². The first-order valence-corrected chi connectivity index (χ1v) is 10.0. The number of H-pyrrole nitrogens is 1. The van der Waals surface area contributed by atoms with Gasteiger partial charge in [0.2, 0.25) is 6.54 Å². The molecular formula is C22H22ClFN4O. The van der Waals surface area contributed by atoms with E-state index in [2.05, 4.69) is 20.4 Å². The monoisotopic (exact) mass is 412 g/mol. The van der Waals surface area contributed by atoms with Gasteiger partial charge in [0.05, 0.1) is 18.3 Å². The summed E-state index contributed by atoms with van der Waals surface area (Å²) < 4.78 is 19.9. The summed E-state index contributed by atoms with van der Waals surface area (Å²) in [6.45, 7) is 9.78. The first kappa shape index (κ1) is 19.8. The van der Waals surface area contributed by atoms with E-state index in [1.54, 1.807) is 6.20 Å². The van der Waals surface area contributed by atoms with Gasteiger partial charge in [-0.05, 0) is 55.8 Å². The first-order valence-electron chi connectivity index (χ1n) is 9.65. The van der Waals surface area contributed by atoms with Crippen molar-refractivity contribution in [3.8, 4) is 0 Å². The van der Waals surface area contributed by atoms with Crippen LogP contribution in [0.3, 0.4) is 0 Å². The number of nitrogens with one attached hydrogen (secondary N) is 2. The van der Waals surface area contributed by atoms with Crippen LogP contribution in [0.15, 0.2) is 42.6 Å². The molecule has 1 aromatic heterocycles. The van der Waals surface area contributed by atoms with Crippen molar-refractivity contribution in [2.24, 2.45) is 0 Å². The zero-order valence-corrected chi connectivity index (χ0v) is 16.7. The Hall–Kier alpha value is -2.46. The third kappa shape index (κ3) is 4.13. The predicted octanol–water partition coefficient (Wildman–Crippen LogP) is 4.65. The van der Waals surface area contributed by atoms with E-state index in [1.807, 2.05) is 24.3 Å². The number of halogens is 2. The van der Waals surface area contributed by atoms with Gasteiger partial charge in [-0.3, -0.25) is 5.10 Å². The molecule has 1 atom stereocenters. The standard InChI is InChI=1S/C22H22ClFN4O/c1-25-13-20(19-11-17(23)10-15-12-27-28-21(15)19)29-14-22(6-8-26-9-7-22)16-2-4-18(24)5-3-16/h2-5,10-12,20,26H,6-9,13-14H2,(H,27,28). The summed E-state index contributed by atoms with van der Waals surface area (Å²) in [6.07, 6.45) is 3.06. The van der Waals surface area contributed by atoms with E-state index >= 15 is 0 Å². The number of piperidine rings is 1. The third-order valence-corrected chi connectivity index (χ3v) is 5.94. The summed E-state index contributed by atoms with van der Waals surface area (Å²) in [5, 5.41) is 12.0. The highest BCUT2D eigenvalue weighted by Gasteiger charge is 2.36. The number of rotatable bonds is 6. The van der Waals surface area contributed by atoms with E-state index in [4.69, 9.17) is 22.9 Å². The second-order valence-corrected chi connectivity index (χ2v) is 7.94. The van der Waals surface area contributed by atoms with Gasteiger partial charge in [-0.1, -0.05) is 23.7 Å². The Morgan fingerprint density at radius 1 is 1.24 bits per heavy atom. The van der Waals surface area contributed by atoms with Gasteiger partial charge in [0, 0.05) is 21.4 Å². The van der Waals surface area contributed by atoms with Crippen LogP contribution in [0.2, 0.25) is 5.02 Å². The molecule has 5 nitrogen and oxygen atoms in total. The van der Waals surface area contributed by atoms with Crippen molar-refractivity contribution < 1.29 is 9.13 Å². The normalized spacial score (nSPS) is 17.1. The fourth-order valence-electron chi connectivity index (χ4n) is 4.11. The van der Waals surface area contributed by atoms with Crippen LogP contribution >= 0.6 is 11.6 Å². The van der Waals surface area contributed by atoms with Gasteiger partial charge < -0.3 is 14.9 Å². The highest BCUT2D eigenvalue weighted by molar-refractivity contribution is 6.31. The highest BCUT2D eigenvalue weighted by atomic mass is 35.5. The van der Waals surface area contributed by atoms with Crippen molar-refractivity contribution >= 4 is 22.5 Å². The predicted molar refractivity (Wildman–Crippen MR) is 111 cm³/mol. The summed E-state index contributed by atoms with van der Waals surface area (Å²) in [5.74, 6) is -0.245. The number of nitrogens with zero attached hydrogens (tertiary/aromatic N) is 2. The summed E-state index contributed by atoms with van der Waals surface area (Å²) in [6, 6.07) is 10.4. The molecule has 0 bridgehead atoms. The van der Waals surface area contributed by atoms with Gasteiger partial charge >= 0.3 is 0 Å². The minimum atomic E-state index is -0.429. The number of ether oxygens (including phenoxy) is 1. The number of aromatic nitrogens is 2. The zero-order chi connectivity index (χ0) is 20.3. The van der Waals surface area contributed by atoms with E-state index in [9.17, 15) is 4.39 Å². The summed E-state index contributed by atoms with van der Waals surface area (Å²) in [4.78, 5) is 3.59. The van der Waals surface area contributed by atoms with E-state index < -0.39 is 6.10 Å². The minimum absolute atomic E-state index is 0.187. The molecule has 0 aliphatic carbocycles. The van der Waals surface area contributed by atoms with Crippen molar-refractivity contribution in [2.75, 3.05) is 26.2 Å². The second-order valence-electron chi connectivity index (χ2n) is 7.51. The molecule has 0 spiro atoms. The van der Waals surface area contributed by atoms with Crippen LogP contribution in [-0.4, -0.2) is 36.4 Å². The zero-order valence-electron chi connectivity index (χ0n) is 15.9. The van der Waals surface area contributed by atoms with Crippen LogP contribution < -0.4 is 5.32 Å². The van der Waals surface area contributed by atoms with Crippen LogP contribution in [0.5, 0.6) is 0 Å². The van der Waals surface area contributed by atoms with Crippen LogP contribution in [-0.2, 0) is 10.2 Å². The number of hydrogen-bond donors (Lipinski definition) is 2. The van der Waals surface area contributed by atoms with Crippen LogP contribution in [0.4, 0.5) is 4.39 Å². The molecule has 0 radical (unpaired) electrons. The molecule has 1 aliphatic rings. The summed E-state index contributed by atoms with van der Waals surface area (Å²) in [7, 11) is 0. The molecule has 1 fully saturated rings. The molecule has 0 saturated carbocycles. The Balaban J connectivity index is 1.64. The number of aromatic amines is 1. The Morgan fingerprint density at radius 2 is 2.00 bits per heavy atom. The maximum absolute atomic E-state index is 13.5. The Kier molecular flexibility index (Phi) is 5.81.